The Balaban J connectivity index is 1.68. The van der Waals surface area contributed by atoms with Crippen molar-refractivity contribution in [1.82, 2.24) is 19.4 Å². The van der Waals surface area contributed by atoms with E-state index in [4.69, 9.17) is 5.73 Å². The van der Waals surface area contributed by atoms with Crippen molar-refractivity contribution in [3.05, 3.63) is 18.2 Å². The van der Waals surface area contributed by atoms with Crippen molar-refractivity contribution in [3.8, 4) is 0 Å². The Bertz CT molecular complexity index is 453. The van der Waals surface area contributed by atoms with Crippen molar-refractivity contribution in [2.45, 2.75) is 50.7 Å². The number of rotatable bonds is 7. The van der Waals surface area contributed by atoms with Gasteiger partial charge in [0, 0.05) is 31.4 Å². The molecule has 2 unspecified atom stereocenters. The molecule has 1 aromatic heterocycles. The van der Waals surface area contributed by atoms with Crippen LogP contribution in [0.1, 0.15) is 50.4 Å². The van der Waals surface area contributed by atoms with Gasteiger partial charge in [0.1, 0.15) is 0 Å². The van der Waals surface area contributed by atoms with E-state index in [9.17, 15) is 0 Å². The van der Waals surface area contributed by atoms with Crippen LogP contribution in [0.25, 0.3) is 0 Å². The number of nitrogens with two attached hydrogens (primary N) is 1. The van der Waals surface area contributed by atoms with Gasteiger partial charge in [0.05, 0.1) is 18.1 Å². The van der Waals surface area contributed by atoms with Gasteiger partial charge in [0.15, 0.2) is 0 Å². The van der Waals surface area contributed by atoms with Crippen LogP contribution in [-0.4, -0.2) is 58.6 Å². The van der Waals surface area contributed by atoms with Crippen LogP contribution in [0, 0.1) is 0 Å². The van der Waals surface area contributed by atoms with Gasteiger partial charge in [-0.05, 0) is 45.8 Å². The van der Waals surface area contributed by atoms with Crippen LogP contribution in [0.5, 0.6) is 0 Å². The van der Waals surface area contributed by atoms with Crippen molar-refractivity contribution in [2.75, 3.05) is 33.2 Å². The molecule has 0 spiro atoms. The van der Waals surface area contributed by atoms with E-state index in [0.29, 0.717) is 18.6 Å². The van der Waals surface area contributed by atoms with Gasteiger partial charge in [-0.1, -0.05) is 6.92 Å². The minimum atomic E-state index is 0.285. The van der Waals surface area contributed by atoms with E-state index in [1.165, 1.54) is 37.9 Å². The molecule has 21 heavy (non-hydrogen) atoms. The highest BCUT2D eigenvalue weighted by atomic mass is 15.3. The average Bonchev–Trinajstić information content (AvgIpc) is 3.05. The van der Waals surface area contributed by atoms with Crippen LogP contribution in [0.3, 0.4) is 0 Å². The summed E-state index contributed by atoms with van der Waals surface area (Å²) in [6.45, 7) is 6.44. The fourth-order valence-electron chi connectivity index (χ4n) is 3.74. The molecule has 1 saturated heterocycles. The Morgan fingerprint density at radius 1 is 1.43 bits per heavy atom. The molecule has 1 aliphatic heterocycles. The number of hydrogen-bond donors (Lipinski definition) is 1. The third-order valence-corrected chi connectivity index (χ3v) is 5.14. The first-order valence-electron chi connectivity index (χ1n) is 8.40. The SMILES string of the molecule is CCN1CCCC1CN(C)C(CN)c1cncn1C1CC1. The van der Waals surface area contributed by atoms with E-state index in [2.05, 4.69) is 33.3 Å². The molecule has 0 radical (unpaired) electrons. The highest BCUT2D eigenvalue weighted by molar-refractivity contribution is 5.10. The molecular weight excluding hydrogens is 262 g/mol. The van der Waals surface area contributed by atoms with Gasteiger partial charge in [-0.25, -0.2) is 4.98 Å². The van der Waals surface area contributed by atoms with Gasteiger partial charge < -0.3 is 10.3 Å². The maximum Gasteiger partial charge on any atom is 0.0951 e. The average molecular weight is 291 g/mol. The summed E-state index contributed by atoms with van der Waals surface area (Å²) in [5, 5.41) is 0. The van der Waals surface area contributed by atoms with E-state index < -0.39 is 0 Å². The number of aromatic nitrogens is 2. The predicted octanol–water partition coefficient (Wildman–Crippen LogP) is 1.63. The summed E-state index contributed by atoms with van der Waals surface area (Å²) >= 11 is 0. The van der Waals surface area contributed by atoms with E-state index >= 15 is 0 Å². The number of likely N-dealkylation sites (N-methyl/N-ethyl adjacent to an activating group) is 2. The fraction of sp³-hybridized carbons (Fsp3) is 0.812. The summed E-state index contributed by atoms with van der Waals surface area (Å²) < 4.78 is 2.35. The summed E-state index contributed by atoms with van der Waals surface area (Å²) in [6, 6.07) is 1.64. The molecule has 0 bridgehead atoms. The minimum Gasteiger partial charge on any atom is -0.330 e. The molecule has 0 amide bonds. The fourth-order valence-corrected chi connectivity index (χ4v) is 3.74. The lowest BCUT2D eigenvalue weighted by Crippen LogP contribution is -2.42. The van der Waals surface area contributed by atoms with Crippen LogP contribution >= 0.6 is 0 Å². The molecule has 2 aliphatic rings. The monoisotopic (exact) mass is 291 g/mol. The zero-order valence-electron chi connectivity index (χ0n) is 13.4. The van der Waals surface area contributed by atoms with Crippen molar-refractivity contribution >= 4 is 0 Å². The zero-order chi connectivity index (χ0) is 14.8. The Morgan fingerprint density at radius 2 is 2.24 bits per heavy atom. The summed E-state index contributed by atoms with van der Waals surface area (Å²) in [6.07, 6.45) is 9.22. The first kappa shape index (κ1) is 15.0. The maximum atomic E-state index is 6.10. The Hall–Kier alpha value is -0.910. The lowest BCUT2D eigenvalue weighted by Gasteiger charge is -2.33. The van der Waals surface area contributed by atoms with Gasteiger partial charge in [-0.3, -0.25) is 9.80 Å². The van der Waals surface area contributed by atoms with Crippen molar-refractivity contribution < 1.29 is 0 Å². The zero-order valence-corrected chi connectivity index (χ0v) is 13.4. The smallest absolute Gasteiger partial charge is 0.0951 e. The molecule has 5 nitrogen and oxygen atoms in total. The Labute approximate surface area is 128 Å². The molecule has 1 aliphatic carbocycles. The van der Waals surface area contributed by atoms with Gasteiger partial charge >= 0.3 is 0 Å². The van der Waals surface area contributed by atoms with Gasteiger partial charge in [-0.2, -0.15) is 0 Å². The van der Waals surface area contributed by atoms with Crippen molar-refractivity contribution in [1.29, 1.82) is 0 Å². The topological polar surface area (TPSA) is 50.3 Å². The highest BCUT2D eigenvalue weighted by Crippen LogP contribution is 2.37. The lowest BCUT2D eigenvalue weighted by atomic mass is 10.1. The van der Waals surface area contributed by atoms with E-state index in [0.717, 1.165) is 13.1 Å². The molecular formula is C16H29N5. The molecule has 2 fully saturated rings. The van der Waals surface area contributed by atoms with Crippen LogP contribution in [0.4, 0.5) is 0 Å². The quantitative estimate of drug-likeness (QED) is 0.829. The van der Waals surface area contributed by atoms with Crippen LogP contribution < -0.4 is 5.73 Å². The van der Waals surface area contributed by atoms with Crippen LogP contribution in [0.15, 0.2) is 12.5 Å². The van der Waals surface area contributed by atoms with Gasteiger partial charge in [0.2, 0.25) is 0 Å². The third-order valence-electron chi connectivity index (χ3n) is 5.14. The molecule has 0 aromatic carbocycles. The Morgan fingerprint density at radius 3 is 2.90 bits per heavy atom. The molecule has 2 heterocycles. The number of imidazole rings is 1. The second-order valence-corrected chi connectivity index (χ2v) is 6.57. The number of hydrogen-bond acceptors (Lipinski definition) is 4. The maximum absolute atomic E-state index is 6.10. The first-order chi connectivity index (χ1) is 10.2. The van der Waals surface area contributed by atoms with E-state index in [1.54, 1.807) is 0 Å². The summed E-state index contributed by atoms with van der Waals surface area (Å²) in [7, 11) is 2.22. The van der Waals surface area contributed by atoms with Crippen LogP contribution in [0.2, 0.25) is 0 Å². The largest absolute Gasteiger partial charge is 0.330 e. The third kappa shape index (κ3) is 3.15. The second-order valence-electron chi connectivity index (χ2n) is 6.57. The van der Waals surface area contributed by atoms with E-state index in [-0.39, 0.29) is 6.04 Å². The molecule has 1 saturated carbocycles. The molecule has 2 atom stereocenters. The van der Waals surface area contributed by atoms with Gasteiger partial charge in [0.25, 0.3) is 0 Å². The van der Waals surface area contributed by atoms with Gasteiger partial charge in [-0.15, -0.1) is 0 Å². The first-order valence-corrected chi connectivity index (χ1v) is 8.40. The van der Waals surface area contributed by atoms with Crippen molar-refractivity contribution in [2.24, 2.45) is 5.73 Å². The molecule has 5 heteroatoms. The number of nitrogens with zero attached hydrogens (tertiary/aromatic N) is 4. The summed E-state index contributed by atoms with van der Waals surface area (Å²) in [5.74, 6) is 0. The second kappa shape index (κ2) is 6.46. The lowest BCUT2D eigenvalue weighted by molar-refractivity contribution is 0.162. The molecule has 3 rings (SSSR count). The number of likely N-dealkylation sites (tertiary alicyclic amines) is 1. The molecule has 118 valence electrons. The molecule has 1 aromatic rings. The standard InChI is InChI=1S/C16H29N5/c1-3-20-8-4-5-14(20)11-19(2)15(9-17)16-10-18-12-21(16)13-6-7-13/h10,12-15H,3-9,11,17H2,1-2H3. The Kier molecular flexibility index (Phi) is 4.62. The summed E-state index contributed by atoms with van der Waals surface area (Å²) in [4.78, 5) is 9.41. The molecule has 2 N–H and O–H groups in total. The van der Waals surface area contributed by atoms with Crippen LogP contribution in [-0.2, 0) is 0 Å². The minimum absolute atomic E-state index is 0.285. The predicted molar refractivity (Wildman–Crippen MR) is 85.2 cm³/mol. The van der Waals surface area contributed by atoms with E-state index in [1.807, 2.05) is 12.5 Å². The summed E-state index contributed by atoms with van der Waals surface area (Å²) in [5.41, 5.74) is 7.39. The highest BCUT2D eigenvalue weighted by Gasteiger charge is 2.31. The normalized spacial score (nSPS) is 24.9. The van der Waals surface area contributed by atoms with Crippen molar-refractivity contribution in [3.63, 3.8) is 0 Å².